The Morgan fingerprint density at radius 3 is 2.85 bits per heavy atom. The van der Waals surface area contributed by atoms with Crippen molar-refractivity contribution < 1.29 is 18.0 Å². The van der Waals surface area contributed by atoms with E-state index in [1.807, 2.05) is 0 Å². The van der Waals surface area contributed by atoms with E-state index in [1.54, 1.807) is 0 Å². The van der Waals surface area contributed by atoms with Crippen LogP contribution in [0.5, 0.6) is 0 Å². The second-order valence-electron chi connectivity index (χ2n) is 5.85. The predicted molar refractivity (Wildman–Crippen MR) is 98.7 cm³/mol. The van der Waals surface area contributed by atoms with Crippen LogP contribution in [0.1, 0.15) is 25.2 Å². The van der Waals surface area contributed by atoms with Crippen molar-refractivity contribution in [3.05, 3.63) is 41.9 Å². The monoisotopic (exact) mass is 407 g/mol. The van der Waals surface area contributed by atoms with Gasteiger partial charge in [-0.2, -0.15) is 0 Å². The first kappa shape index (κ1) is 22.3. The predicted octanol–water partition coefficient (Wildman–Crippen LogP) is 3.26. The summed E-state index contributed by atoms with van der Waals surface area (Å²) in [4.78, 5) is 16.0. The first-order valence-corrected chi connectivity index (χ1v) is 8.02. The Labute approximate surface area is 162 Å². The molecule has 0 spiro atoms. The number of oxazole rings is 1. The molecule has 1 amide bonds. The zero-order chi connectivity index (χ0) is 16.9. The summed E-state index contributed by atoms with van der Waals surface area (Å²) in [6, 6.07) is 3.42. The minimum Gasteiger partial charge on any atom is -0.441 e. The summed E-state index contributed by atoms with van der Waals surface area (Å²) < 4.78 is 32.1. The number of carbonyl (C=O) groups is 1. The molecule has 1 fully saturated rings. The number of hydrogen-bond acceptors (Lipinski definition) is 4. The average Bonchev–Trinajstić information content (AvgIpc) is 3.02. The van der Waals surface area contributed by atoms with Crippen molar-refractivity contribution >= 4 is 30.7 Å². The zero-order valence-electron chi connectivity index (χ0n) is 14.0. The fraction of sp³-hybridized carbons (Fsp3) is 0.412. The van der Waals surface area contributed by atoms with Crippen LogP contribution in [0.3, 0.4) is 0 Å². The van der Waals surface area contributed by atoms with Gasteiger partial charge in [-0.15, -0.1) is 24.8 Å². The lowest BCUT2D eigenvalue weighted by Gasteiger charge is -2.23. The van der Waals surface area contributed by atoms with Gasteiger partial charge in [0, 0.05) is 31.5 Å². The van der Waals surface area contributed by atoms with Crippen molar-refractivity contribution in [1.82, 2.24) is 15.6 Å². The van der Waals surface area contributed by atoms with E-state index in [0.717, 1.165) is 38.1 Å². The van der Waals surface area contributed by atoms with E-state index in [-0.39, 0.29) is 54.5 Å². The molecule has 144 valence electrons. The highest BCUT2D eigenvalue weighted by molar-refractivity contribution is 5.85. The van der Waals surface area contributed by atoms with Crippen molar-refractivity contribution in [3.63, 3.8) is 0 Å². The summed E-state index contributed by atoms with van der Waals surface area (Å²) in [6.07, 6.45) is 3.99. The summed E-state index contributed by atoms with van der Waals surface area (Å²) in [5.41, 5.74) is 0.146. The maximum absolute atomic E-state index is 13.7. The van der Waals surface area contributed by atoms with E-state index in [2.05, 4.69) is 15.6 Å². The number of hydrogen-bond donors (Lipinski definition) is 2. The van der Waals surface area contributed by atoms with Gasteiger partial charge in [0.05, 0.1) is 11.8 Å². The topological polar surface area (TPSA) is 67.2 Å². The number of aromatic nitrogens is 1. The molecule has 0 aliphatic carbocycles. The molecule has 1 aliphatic heterocycles. The van der Waals surface area contributed by atoms with Gasteiger partial charge in [0.2, 0.25) is 5.91 Å². The number of benzene rings is 1. The van der Waals surface area contributed by atoms with Crippen LogP contribution in [0.2, 0.25) is 0 Å². The number of carbonyl (C=O) groups excluding carboxylic acids is 1. The number of nitrogens with zero attached hydrogens (tertiary/aromatic N) is 1. The minimum atomic E-state index is -0.708. The SMILES string of the molecule is Cl.Cl.O=C(CCc1ncc(-c2ccc(F)cc2F)o1)N[C@H]1CCCNC1. The molecule has 1 saturated heterocycles. The molecule has 2 N–H and O–H groups in total. The summed E-state index contributed by atoms with van der Waals surface area (Å²) in [5, 5.41) is 6.21. The number of halogens is 4. The quantitative estimate of drug-likeness (QED) is 0.797. The van der Waals surface area contributed by atoms with Crippen molar-refractivity contribution in [2.24, 2.45) is 0 Å². The molecule has 0 radical (unpaired) electrons. The van der Waals surface area contributed by atoms with E-state index in [9.17, 15) is 13.6 Å². The van der Waals surface area contributed by atoms with Crippen molar-refractivity contribution in [2.75, 3.05) is 13.1 Å². The lowest BCUT2D eigenvalue weighted by Crippen LogP contribution is -2.45. The van der Waals surface area contributed by atoms with E-state index in [1.165, 1.54) is 12.3 Å². The Morgan fingerprint density at radius 2 is 2.15 bits per heavy atom. The maximum Gasteiger partial charge on any atom is 0.220 e. The lowest BCUT2D eigenvalue weighted by atomic mass is 10.1. The molecule has 26 heavy (non-hydrogen) atoms. The molecule has 5 nitrogen and oxygen atoms in total. The van der Waals surface area contributed by atoms with Gasteiger partial charge >= 0.3 is 0 Å². The van der Waals surface area contributed by atoms with Crippen molar-refractivity contribution in [2.45, 2.75) is 31.7 Å². The van der Waals surface area contributed by atoms with Gasteiger partial charge in [0.1, 0.15) is 11.6 Å². The van der Waals surface area contributed by atoms with Crippen LogP contribution < -0.4 is 10.6 Å². The Kier molecular flexibility index (Phi) is 8.98. The molecule has 0 saturated carbocycles. The Morgan fingerprint density at radius 1 is 1.35 bits per heavy atom. The zero-order valence-corrected chi connectivity index (χ0v) is 15.6. The van der Waals surface area contributed by atoms with E-state index in [0.29, 0.717) is 12.3 Å². The third kappa shape index (κ3) is 5.93. The molecule has 0 unspecified atom stereocenters. The molecule has 1 aromatic carbocycles. The third-order valence-corrected chi connectivity index (χ3v) is 3.98. The van der Waals surface area contributed by atoms with E-state index in [4.69, 9.17) is 4.42 Å². The van der Waals surface area contributed by atoms with Gasteiger partial charge in [-0.3, -0.25) is 4.79 Å². The molecule has 2 aromatic rings. The van der Waals surface area contributed by atoms with Crippen LogP contribution >= 0.6 is 24.8 Å². The summed E-state index contributed by atoms with van der Waals surface area (Å²) in [7, 11) is 0. The summed E-state index contributed by atoms with van der Waals surface area (Å²) >= 11 is 0. The van der Waals surface area contributed by atoms with Crippen LogP contribution in [0.25, 0.3) is 11.3 Å². The number of rotatable bonds is 5. The number of piperidine rings is 1. The molecule has 9 heteroatoms. The molecule has 1 atom stereocenters. The first-order valence-electron chi connectivity index (χ1n) is 8.02. The molecular formula is C17H21Cl2F2N3O2. The number of nitrogens with one attached hydrogen (secondary N) is 2. The van der Waals surface area contributed by atoms with Gasteiger partial charge in [-0.05, 0) is 31.5 Å². The largest absolute Gasteiger partial charge is 0.441 e. The third-order valence-electron chi connectivity index (χ3n) is 3.98. The van der Waals surface area contributed by atoms with Crippen molar-refractivity contribution in [1.29, 1.82) is 0 Å². The Bertz CT molecular complexity index is 722. The maximum atomic E-state index is 13.7. The second kappa shape index (κ2) is 10.4. The van der Waals surface area contributed by atoms with Gasteiger partial charge < -0.3 is 15.1 Å². The standard InChI is InChI=1S/C17H19F2N3O2.2ClH/c18-11-3-4-13(14(19)8-11)15-10-21-17(24-15)6-5-16(23)22-12-2-1-7-20-9-12;;/h3-4,8,10,12,20H,1-2,5-7,9H2,(H,22,23);2*1H/t12-;;/m0../s1. The van der Waals surface area contributed by atoms with Gasteiger partial charge in [0.25, 0.3) is 0 Å². The molecule has 0 bridgehead atoms. The fourth-order valence-corrected chi connectivity index (χ4v) is 2.73. The highest BCUT2D eigenvalue weighted by Crippen LogP contribution is 2.24. The first-order chi connectivity index (χ1) is 11.6. The fourth-order valence-electron chi connectivity index (χ4n) is 2.73. The van der Waals surface area contributed by atoms with E-state index < -0.39 is 11.6 Å². The van der Waals surface area contributed by atoms with Gasteiger partial charge in [-0.25, -0.2) is 13.8 Å². The number of aryl methyl sites for hydroxylation is 1. The molecular weight excluding hydrogens is 387 g/mol. The molecule has 1 aliphatic rings. The molecule has 2 heterocycles. The summed E-state index contributed by atoms with van der Waals surface area (Å²) in [5.74, 6) is -0.841. The highest BCUT2D eigenvalue weighted by atomic mass is 35.5. The smallest absolute Gasteiger partial charge is 0.220 e. The normalized spacial score (nSPS) is 16.3. The highest BCUT2D eigenvalue weighted by Gasteiger charge is 2.16. The van der Waals surface area contributed by atoms with Crippen LogP contribution in [0.4, 0.5) is 8.78 Å². The van der Waals surface area contributed by atoms with Crippen molar-refractivity contribution in [3.8, 4) is 11.3 Å². The van der Waals surface area contributed by atoms with E-state index >= 15 is 0 Å². The minimum absolute atomic E-state index is 0. The lowest BCUT2D eigenvalue weighted by molar-refractivity contribution is -0.121. The van der Waals surface area contributed by atoms with Crippen LogP contribution in [0, 0.1) is 11.6 Å². The molecule has 3 rings (SSSR count). The second-order valence-corrected chi connectivity index (χ2v) is 5.85. The van der Waals surface area contributed by atoms with Gasteiger partial charge in [-0.1, -0.05) is 0 Å². The summed E-state index contributed by atoms with van der Waals surface area (Å²) in [6.45, 7) is 1.78. The molecule has 1 aromatic heterocycles. The van der Waals surface area contributed by atoms with Gasteiger partial charge in [0.15, 0.2) is 11.7 Å². The van der Waals surface area contributed by atoms with Crippen LogP contribution in [-0.4, -0.2) is 30.0 Å². The Hall–Kier alpha value is -1.70. The van der Waals surface area contributed by atoms with Crippen LogP contribution in [0.15, 0.2) is 28.8 Å². The number of amides is 1. The van der Waals surface area contributed by atoms with Crippen LogP contribution in [-0.2, 0) is 11.2 Å². The average molecular weight is 408 g/mol. The Balaban J connectivity index is 0.00000169.